The highest BCUT2D eigenvalue weighted by Gasteiger charge is 2.24. The van der Waals surface area contributed by atoms with E-state index in [-0.39, 0.29) is 36.5 Å². The van der Waals surface area contributed by atoms with Crippen molar-refractivity contribution in [2.45, 2.75) is 25.2 Å². The molecule has 32 heavy (non-hydrogen) atoms. The Kier molecular flexibility index (Phi) is 6.60. The first-order valence-corrected chi connectivity index (χ1v) is 10.7. The summed E-state index contributed by atoms with van der Waals surface area (Å²) in [7, 11) is 0. The maximum absolute atomic E-state index is 12.6. The zero-order chi connectivity index (χ0) is 22.3. The van der Waals surface area contributed by atoms with Gasteiger partial charge in [0.2, 0.25) is 11.8 Å². The number of amides is 3. The minimum Gasteiger partial charge on any atom is -0.352 e. The standard InChI is InChI=1S/C26H25N3O3/c30-24-15-16-25(31)29(28-24)22-13-11-21(12-14-22)26(32)27-18-17-23(19-7-3-1-4-8-19)20-9-5-2-6-10-20/h1-14,23H,15-18H2,(H,27,32)(H,28,30). The van der Waals surface area contributed by atoms with Crippen LogP contribution in [0.3, 0.4) is 0 Å². The minimum atomic E-state index is -0.196. The summed E-state index contributed by atoms with van der Waals surface area (Å²) in [6, 6.07) is 27.2. The molecule has 0 aliphatic carbocycles. The number of anilines is 1. The van der Waals surface area contributed by atoms with Gasteiger partial charge >= 0.3 is 0 Å². The first-order valence-electron chi connectivity index (χ1n) is 10.7. The summed E-state index contributed by atoms with van der Waals surface area (Å²) in [5.74, 6) is -0.355. The topological polar surface area (TPSA) is 78.5 Å². The molecule has 6 nitrogen and oxygen atoms in total. The molecule has 0 unspecified atom stereocenters. The number of hydrogen-bond donors (Lipinski definition) is 2. The number of hydrogen-bond acceptors (Lipinski definition) is 3. The average Bonchev–Trinajstić information content (AvgIpc) is 2.84. The molecule has 1 aliphatic rings. The maximum atomic E-state index is 12.6. The van der Waals surface area contributed by atoms with Crippen LogP contribution < -0.4 is 15.8 Å². The van der Waals surface area contributed by atoms with Crippen molar-refractivity contribution in [2.75, 3.05) is 11.6 Å². The molecule has 0 bridgehead atoms. The van der Waals surface area contributed by atoms with Crippen LogP contribution in [0.1, 0.15) is 46.7 Å². The van der Waals surface area contributed by atoms with Crippen molar-refractivity contribution < 1.29 is 14.4 Å². The number of hydrazine groups is 1. The van der Waals surface area contributed by atoms with Gasteiger partial charge in [0.1, 0.15) is 0 Å². The SMILES string of the molecule is O=C1CCC(=O)N(c2ccc(C(=O)NCCC(c3ccccc3)c3ccccc3)cc2)N1. The molecule has 0 radical (unpaired) electrons. The summed E-state index contributed by atoms with van der Waals surface area (Å²) in [6.45, 7) is 0.524. The zero-order valence-electron chi connectivity index (χ0n) is 17.7. The van der Waals surface area contributed by atoms with E-state index in [0.29, 0.717) is 17.8 Å². The molecular formula is C26H25N3O3. The molecule has 1 saturated heterocycles. The molecule has 1 heterocycles. The molecule has 0 atom stereocenters. The predicted molar refractivity (Wildman–Crippen MR) is 123 cm³/mol. The Morgan fingerprint density at radius 3 is 2.03 bits per heavy atom. The van der Waals surface area contributed by atoms with E-state index in [0.717, 1.165) is 6.42 Å². The summed E-state index contributed by atoms with van der Waals surface area (Å²) in [5.41, 5.74) is 6.02. The van der Waals surface area contributed by atoms with Crippen LogP contribution >= 0.6 is 0 Å². The van der Waals surface area contributed by atoms with E-state index in [1.54, 1.807) is 24.3 Å². The fraction of sp³-hybridized carbons (Fsp3) is 0.192. The van der Waals surface area contributed by atoms with Gasteiger partial charge in [-0.1, -0.05) is 60.7 Å². The monoisotopic (exact) mass is 427 g/mol. The van der Waals surface area contributed by atoms with Crippen molar-refractivity contribution in [1.29, 1.82) is 0 Å². The summed E-state index contributed by atoms with van der Waals surface area (Å²) >= 11 is 0. The van der Waals surface area contributed by atoms with Crippen molar-refractivity contribution in [3.63, 3.8) is 0 Å². The Balaban J connectivity index is 1.38. The zero-order valence-corrected chi connectivity index (χ0v) is 17.7. The third-order valence-electron chi connectivity index (χ3n) is 5.56. The Bertz CT molecular complexity index is 1040. The Morgan fingerprint density at radius 2 is 1.44 bits per heavy atom. The molecule has 4 rings (SSSR count). The molecule has 1 aliphatic heterocycles. The Morgan fingerprint density at radius 1 is 0.844 bits per heavy atom. The quantitative estimate of drug-likeness (QED) is 0.602. The number of nitrogens with zero attached hydrogens (tertiary/aromatic N) is 1. The van der Waals surface area contributed by atoms with Gasteiger partial charge in [-0.25, -0.2) is 5.01 Å². The number of rotatable bonds is 7. The molecule has 1 fully saturated rings. The largest absolute Gasteiger partial charge is 0.352 e. The van der Waals surface area contributed by atoms with Gasteiger partial charge in [-0.2, -0.15) is 0 Å². The van der Waals surface area contributed by atoms with Crippen LogP contribution in [0.4, 0.5) is 5.69 Å². The third kappa shape index (κ3) is 5.03. The van der Waals surface area contributed by atoms with E-state index >= 15 is 0 Å². The van der Waals surface area contributed by atoms with Crippen LogP contribution in [0.2, 0.25) is 0 Å². The summed E-state index contributed by atoms with van der Waals surface area (Å²) in [6.07, 6.45) is 1.15. The van der Waals surface area contributed by atoms with Gasteiger partial charge in [-0.05, 0) is 41.8 Å². The van der Waals surface area contributed by atoms with E-state index in [2.05, 4.69) is 35.0 Å². The molecule has 0 saturated carbocycles. The van der Waals surface area contributed by atoms with Crippen molar-refractivity contribution in [1.82, 2.24) is 10.7 Å². The number of nitrogens with one attached hydrogen (secondary N) is 2. The van der Waals surface area contributed by atoms with Crippen LogP contribution in [0.5, 0.6) is 0 Å². The first-order chi connectivity index (χ1) is 15.6. The molecule has 2 N–H and O–H groups in total. The summed E-state index contributed by atoms with van der Waals surface area (Å²) in [4.78, 5) is 36.2. The second-order valence-corrected chi connectivity index (χ2v) is 7.73. The summed E-state index contributed by atoms with van der Waals surface area (Å²) < 4.78 is 0. The number of carbonyl (C=O) groups excluding carboxylic acids is 3. The lowest BCUT2D eigenvalue weighted by molar-refractivity contribution is -0.130. The van der Waals surface area contributed by atoms with Gasteiger partial charge in [0, 0.05) is 30.9 Å². The predicted octanol–water partition coefficient (Wildman–Crippen LogP) is 3.80. The van der Waals surface area contributed by atoms with Crippen molar-refractivity contribution in [3.05, 3.63) is 102 Å². The number of benzene rings is 3. The molecule has 3 aromatic carbocycles. The smallest absolute Gasteiger partial charge is 0.251 e. The lowest BCUT2D eigenvalue weighted by Crippen LogP contribution is -2.50. The lowest BCUT2D eigenvalue weighted by Gasteiger charge is -2.27. The van der Waals surface area contributed by atoms with E-state index in [1.165, 1.54) is 16.1 Å². The van der Waals surface area contributed by atoms with Crippen LogP contribution in [-0.4, -0.2) is 24.3 Å². The van der Waals surface area contributed by atoms with Crippen molar-refractivity contribution in [2.24, 2.45) is 0 Å². The maximum Gasteiger partial charge on any atom is 0.251 e. The number of carbonyl (C=O) groups is 3. The molecule has 3 aromatic rings. The highest BCUT2D eigenvalue weighted by Crippen LogP contribution is 2.27. The molecule has 6 heteroatoms. The fourth-order valence-corrected chi connectivity index (χ4v) is 3.87. The minimum absolute atomic E-state index is 0.172. The van der Waals surface area contributed by atoms with Crippen molar-refractivity contribution in [3.8, 4) is 0 Å². The van der Waals surface area contributed by atoms with Crippen molar-refractivity contribution >= 4 is 23.4 Å². The van der Waals surface area contributed by atoms with E-state index in [9.17, 15) is 14.4 Å². The lowest BCUT2D eigenvalue weighted by atomic mass is 9.88. The van der Waals surface area contributed by atoms with Gasteiger partial charge in [-0.3, -0.25) is 19.8 Å². The Hall–Kier alpha value is -3.93. The average molecular weight is 428 g/mol. The molecule has 0 spiro atoms. The fourth-order valence-electron chi connectivity index (χ4n) is 3.87. The highest BCUT2D eigenvalue weighted by molar-refractivity contribution is 6.01. The van der Waals surface area contributed by atoms with E-state index < -0.39 is 0 Å². The van der Waals surface area contributed by atoms with E-state index in [4.69, 9.17) is 0 Å². The van der Waals surface area contributed by atoms with E-state index in [1.807, 2.05) is 36.4 Å². The summed E-state index contributed by atoms with van der Waals surface area (Å²) in [5, 5.41) is 4.23. The van der Waals surface area contributed by atoms with Crippen LogP contribution in [0.15, 0.2) is 84.9 Å². The highest BCUT2D eigenvalue weighted by atomic mass is 16.2. The van der Waals surface area contributed by atoms with Gasteiger partial charge in [0.25, 0.3) is 5.91 Å². The second-order valence-electron chi connectivity index (χ2n) is 7.73. The molecule has 162 valence electrons. The molecule has 0 aromatic heterocycles. The Labute approximate surface area is 187 Å². The third-order valence-corrected chi connectivity index (χ3v) is 5.56. The van der Waals surface area contributed by atoms with Crippen LogP contribution in [0, 0.1) is 0 Å². The van der Waals surface area contributed by atoms with Gasteiger partial charge < -0.3 is 5.32 Å². The molecule has 3 amide bonds. The van der Waals surface area contributed by atoms with Gasteiger partial charge in [-0.15, -0.1) is 0 Å². The van der Waals surface area contributed by atoms with Crippen LogP contribution in [0.25, 0.3) is 0 Å². The first kappa shape index (κ1) is 21.3. The normalized spacial score (nSPS) is 13.7. The second kappa shape index (κ2) is 9.92. The van der Waals surface area contributed by atoms with Gasteiger partial charge in [0.15, 0.2) is 0 Å². The van der Waals surface area contributed by atoms with Crippen LogP contribution in [-0.2, 0) is 9.59 Å². The molecular weight excluding hydrogens is 402 g/mol. The van der Waals surface area contributed by atoms with Gasteiger partial charge in [0.05, 0.1) is 5.69 Å².